The molecule has 2 heterocycles. The third-order valence-corrected chi connectivity index (χ3v) is 7.23. The zero-order chi connectivity index (χ0) is 26.0. The van der Waals surface area contributed by atoms with Crippen LogP contribution in [0, 0.1) is 0 Å². The fourth-order valence-electron chi connectivity index (χ4n) is 5.32. The third-order valence-electron chi connectivity index (χ3n) is 7.23. The molecule has 1 aliphatic carbocycles. The lowest BCUT2D eigenvalue weighted by Gasteiger charge is -2.35. The Morgan fingerprint density at radius 2 is 1.97 bits per heavy atom. The van der Waals surface area contributed by atoms with Gasteiger partial charge in [-0.2, -0.15) is 0 Å². The molecule has 0 bridgehead atoms. The number of hydrogen-bond acceptors (Lipinski definition) is 6. The number of urea groups is 1. The molecular weight excluding hydrogens is 476 g/mol. The molecule has 3 aliphatic rings. The number of aryl methyl sites for hydroxylation is 1. The highest BCUT2D eigenvalue weighted by Gasteiger charge is 2.58. The van der Waals surface area contributed by atoms with Gasteiger partial charge in [-0.1, -0.05) is 36.4 Å². The standard InChI is InChI=1S/C27H30N4O6/c1-28-25(34)29-20-9-10-22-19(14-20)11-12-27(22)24(33)31(26(35)37-27)16-23(32)30(21-8-5-13-36-17-21)15-18-6-3-2-4-7-18/h2-4,6-7,9-10,14,21H,5,8,11-13,15-17H2,1H3,(H2,28,29,34). The maximum absolute atomic E-state index is 13.6. The second-order valence-electron chi connectivity index (χ2n) is 9.54. The number of fused-ring (bicyclic) bond motifs is 2. The minimum atomic E-state index is -1.45. The van der Waals surface area contributed by atoms with Crippen molar-refractivity contribution in [3.05, 3.63) is 65.2 Å². The SMILES string of the molecule is CNC(=O)Nc1ccc2c(c1)CCC21OC(=O)N(CC(=O)N(Cc2ccccc2)C2CCCOC2)C1=O. The monoisotopic (exact) mass is 506 g/mol. The first kappa shape index (κ1) is 24.8. The van der Waals surface area contributed by atoms with Crippen molar-refractivity contribution in [1.82, 2.24) is 15.1 Å². The Hall–Kier alpha value is -3.92. The van der Waals surface area contributed by atoms with Crippen LogP contribution in [0.5, 0.6) is 0 Å². The van der Waals surface area contributed by atoms with Crippen LogP contribution in [-0.2, 0) is 37.6 Å². The van der Waals surface area contributed by atoms with Crippen LogP contribution in [0.2, 0.25) is 0 Å². The van der Waals surface area contributed by atoms with Gasteiger partial charge < -0.3 is 25.0 Å². The average molecular weight is 507 g/mol. The Morgan fingerprint density at radius 1 is 1.16 bits per heavy atom. The Kier molecular flexibility index (Phi) is 6.84. The lowest BCUT2D eigenvalue weighted by molar-refractivity contribution is -0.144. The van der Waals surface area contributed by atoms with Gasteiger partial charge in [0.2, 0.25) is 11.5 Å². The van der Waals surface area contributed by atoms with Crippen molar-refractivity contribution in [2.45, 2.75) is 43.9 Å². The Labute approximate surface area is 214 Å². The van der Waals surface area contributed by atoms with Crippen LogP contribution in [-0.4, -0.2) is 66.6 Å². The lowest BCUT2D eigenvalue weighted by atomic mass is 9.94. The van der Waals surface area contributed by atoms with Gasteiger partial charge in [-0.05, 0) is 42.5 Å². The summed E-state index contributed by atoms with van der Waals surface area (Å²) in [4.78, 5) is 54.4. The van der Waals surface area contributed by atoms with E-state index in [2.05, 4.69) is 10.6 Å². The Morgan fingerprint density at radius 3 is 2.70 bits per heavy atom. The second-order valence-corrected chi connectivity index (χ2v) is 9.54. The van der Waals surface area contributed by atoms with Crippen LogP contribution in [0.15, 0.2) is 48.5 Å². The number of ether oxygens (including phenoxy) is 2. The molecule has 2 fully saturated rings. The first-order valence-corrected chi connectivity index (χ1v) is 12.5. The third kappa shape index (κ3) is 4.76. The smallest absolute Gasteiger partial charge is 0.418 e. The van der Waals surface area contributed by atoms with E-state index < -0.39 is 24.1 Å². The summed E-state index contributed by atoms with van der Waals surface area (Å²) in [7, 11) is 1.52. The van der Waals surface area contributed by atoms with Gasteiger partial charge in [0.05, 0.1) is 12.6 Å². The van der Waals surface area contributed by atoms with Crippen LogP contribution in [0.25, 0.3) is 0 Å². The highest BCUT2D eigenvalue weighted by Crippen LogP contribution is 2.46. The van der Waals surface area contributed by atoms with Gasteiger partial charge in [0, 0.05) is 37.9 Å². The molecule has 0 aromatic heterocycles. The van der Waals surface area contributed by atoms with Crippen LogP contribution >= 0.6 is 0 Å². The molecule has 5 amide bonds. The van der Waals surface area contributed by atoms with E-state index in [1.807, 2.05) is 30.3 Å². The van der Waals surface area contributed by atoms with Crippen LogP contribution in [0.3, 0.4) is 0 Å². The van der Waals surface area contributed by atoms with E-state index in [1.165, 1.54) is 7.05 Å². The predicted molar refractivity (Wildman–Crippen MR) is 134 cm³/mol. The minimum Gasteiger partial charge on any atom is -0.427 e. The number of nitrogens with one attached hydrogen (secondary N) is 2. The highest BCUT2D eigenvalue weighted by atomic mass is 16.6. The molecule has 2 N–H and O–H groups in total. The number of imide groups is 1. The fourth-order valence-corrected chi connectivity index (χ4v) is 5.32. The summed E-state index contributed by atoms with van der Waals surface area (Å²) in [6, 6.07) is 14.3. The van der Waals surface area contributed by atoms with Crippen molar-refractivity contribution in [2.75, 3.05) is 32.1 Å². The van der Waals surface area contributed by atoms with Gasteiger partial charge in [0.25, 0.3) is 5.91 Å². The van der Waals surface area contributed by atoms with Gasteiger partial charge in [-0.15, -0.1) is 0 Å². The van der Waals surface area contributed by atoms with E-state index >= 15 is 0 Å². The highest BCUT2D eigenvalue weighted by molar-refractivity contribution is 6.06. The molecular formula is C27H30N4O6. The van der Waals surface area contributed by atoms with E-state index in [-0.39, 0.29) is 24.4 Å². The van der Waals surface area contributed by atoms with Crippen LogP contribution in [0.4, 0.5) is 15.3 Å². The molecule has 2 atom stereocenters. The number of benzene rings is 2. The maximum atomic E-state index is 13.6. The van der Waals surface area contributed by atoms with Crippen LogP contribution in [0.1, 0.15) is 36.0 Å². The number of rotatable bonds is 6. The van der Waals surface area contributed by atoms with Crippen molar-refractivity contribution < 1.29 is 28.7 Å². The molecule has 2 saturated heterocycles. The van der Waals surface area contributed by atoms with E-state index in [1.54, 1.807) is 23.1 Å². The van der Waals surface area contributed by atoms with Gasteiger partial charge in [-0.25, -0.2) is 14.5 Å². The summed E-state index contributed by atoms with van der Waals surface area (Å²) in [5.74, 6) is -0.860. The zero-order valence-corrected chi connectivity index (χ0v) is 20.7. The topological polar surface area (TPSA) is 117 Å². The van der Waals surface area contributed by atoms with Crippen molar-refractivity contribution in [1.29, 1.82) is 0 Å². The van der Waals surface area contributed by atoms with Crippen molar-refractivity contribution >= 4 is 29.6 Å². The zero-order valence-electron chi connectivity index (χ0n) is 20.7. The predicted octanol–water partition coefficient (Wildman–Crippen LogP) is 2.77. The second kappa shape index (κ2) is 10.2. The molecule has 2 aliphatic heterocycles. The fraction of sp³-hybridized carbons (Fsp3) is 0.407. The van der Waals surface area contributed by atoms with Gasteiger partial charge >= 0.3 is 12.1 Å². The van der Waals surface area contributed by atoms with E-state index in [0.29, 0.717) is 37.4 Å². The quantitative estimate of drug-likeness (QED) is 0.622. The molecule has 2 unspecified atom stereocenters. The van der Waals surface area contributed by atoms with Crippen LogP contribution < -0.4 is 10.6 Å². The summed E-state index contributed by atoms with van der Waals surface area (Å²) in [5, 5.41) is 5.20. The molecule has 2 aromatic rings. The molecule has 5 rings (SSSR count). The minimum absolute atomic E-state index is 0.136. The Balaban J connectivity index is 1.35. The number of hydrogen-bond donors (Lipinski definition) is 2. The molecule has 0 saturated carbocycles. The molecule has 1 spiro atoms. The molecule has 0 radical (unpaired) electrons. The number of amides is 5. The molecule has 2 aromatic carbocycles. The van der Waals surface area contributed by atoms with Crippen molar-refractivity contribution in [3.8, 4) is 0 Å². The maximum Gasteiger partial charge on any atom is 0.418 e. The normalized spacial score (nSPS) is 22.5. The van der Waals surface area contributed by atoms with Gasteiger partial charge in [0.1, 0.15) is 6.54 Å². The molecule has 10 nitrogen and oxygen atoms in total. The van der Waals surface area contributed by atoms with Crippen molar-refractivity contribution in [2.24, 2.45) is 0 Å². The summed E-state index contributed by atoms with van der Waals surface area (Å²) in [5.41, 5.74) is 1.49. The van der Waals surface area contributed by atoms with Crippen molar-refractivity contribution in [3.63, 3.8) is 0 Å². The summed E-state index contributed by atoms with van der Waals surface area (Å²) in [6.07, 6.45) is 1.59. The molecule has 194 valence electrons. The van der Waals surface area contributed by atoms with E-state index in [0.717, 1.165) is 28.9 Å². The van der Waals surface area contributed by atoms with E-state index in [4.69, 9.17) is 9.47 Å². The summed E-state index contributed by atoms with van der Waals surface area (Å²) < 4.78 is 11.3. The van der Waals surface area contributed by atoms with Gasteiger partial charge in [0.15, 0.2) is 0 Å². The average Bonchev–Trinajstić information content (AvgIpc) is 3.40. The Bertz CT molecular complexity index is 1210. The molecule has 10 heteroatoms. The first-order chi connectivity index (χ1) is 17.9. The summed E-state index contributed by atoms with van der Waals surface area (Å²) in [6.45, 7) is 1.04. The summed E-state index contributed by atoms with van der Waals surface area (Å²) >= 11 is 0. The number of nitrogens with zero attached hydrogens (tertiary/aromatic N) is 2. The van der Waals surface area contributed by atoms with Gasteiger partial charge in [-0.3, -0.25) is 9.59 Å². The number of carbonyl (C=O) groups excluding carboxylic acids is 4. The lowest BCUT2D eigenvalue weighted by Crippen LogP contribution is -2.49. The number of anilines is 1. The molecule has 37 heavy (non-hydrogen) atoms. The largest absolute Gasteiger partial charge is 0.427 e. The first-order valence-electron chi connectivity index (χ1n) is 12.5. The number of carbonyl (C=O) groups is 4. The van der Waals surface area contributed by atoms with E-state index in [9.17, 15) is 19.2 Å².